The van der Waals surface area contributed by atoms with Gasteiger partial charge in [-0.25, -0.2) is 0 Å². The van der Waals surface area contributed by atoms with Crippen molar-refractivity contribution in [3.8, 4) is 17.2 Å². The average molecular weight is 381 g/mol. The number of nitrogens with zero attached hydrogens (tertiary/aromatic N) is 1. The maximum Gasteiger partial charge on any atom is 0.231 e. The Kier molecular flexibility index (Phi) is 5.07. The molecule has 4 rings (SSSR count). The quantitative estimate of drug-likeness (QED) is 0.740. The molecule has 0 spiro atoms. The minimum Gasteiger partial charge on any atom is -0.497 e. The third-order valence-electron chi connectivity index (χ3n) is 5.01. The fraction of sp³-hybridized carbons (Fsp3) is 0.318. The van der Waals surface area contributed by atoms with E-state index in [-0.39, 0.29) is 5.78 Å². The molecule has 2 heterocycles. The zero-order valence-corrected chi connectivity index (χ0v) is 16.3. The zero-order valence-electron chi connectivity index (χ0n) is 16.3. The van der Waals surface area contributed by atoms with Gasteiger partial charge in [0.05, 0.1) is 19.3 Å². The van der Waals surface area contributed by atoms with E-state index in [0.29, 0.717) is 30.4 Å². The SMILES string of the molecule is COCCN1COc2c(cc3c(c2C)O/C(=C\c2cccc(OC)c2)C3=O)C1. The summed E-state index contributed by atoms with van der Waals surface area (Å²) in [4.78, 5) is 15.1. The highest BCUT2D eigenvalue weighted by atomic mass is 16.5. The zero-order chi connectivity index (χ0) is 19.7. The number of allylic oxidation sites excluding steroid dienone is 1. The molecule has 0 N–H and O–H groups in total. The molecular weight excluding hydrogens is 358 g/mol. The van der Waals surface area contributed by atoms with Gasteiger partial charge in [-0.15, -0.1) is 0 Å². The normalized spacial score (nSPS) is 17.1. The number of hydrogen-bond donors (Lipinski definition) is 0. The Morgan fingerprint density at radius 3 is 2.86 bits per heavy atom. The summed E-state index contributed by atoms with van der Waals surface area (Å²) in [7, 11) is 3.30. The van der Waals surface area contributed by atoms with Crippen molar-refractivity contribution in [2.75, 3.05) is 34.1 Å². The minimum atomic E-state index is -0.113. The maximum atomic E-state index is 12.9. The average Bonchev–Trinajstić information content (AvgIpc) is 3.02. The fourth-order valence-electron chi connectivity index (χ4n) is 3.54. The fourth-order valence-corrected chi connectivity index (χ4v) is 3.54. The van der Waals surface area contributed by atoms with E-state index in [1.807, 2.05) is 37.3 Å². The molecule has 0 unspecified atom stereocenters. The molecule has 0 fully saturated rings. The molecule has 0 radical (unpaired) electrons. The van der Waals surface area contributed by atoms with Gasteiger partial charge in [0.1, 0.15) is 24.0 Å². The lowest BCUT2D eigenvalue weighted by Gasteiger charge is -2.30. The predicted octanol–water partition coefficient (Wildman–Crippen LogP) is 3.42. The standard InChI is InChI=1S/C22H23NO5/c1-14-21-16(12-23(13-27-21)7-8-25-2)11-18-20(24)19(28-22(14)18)10-15-5-4-6-17(9-15)26-3/h4-6,9-11H,7-8,12-13H2,1-3H3/b19-10-. The molecule has 0 aromatic heterocycles. The second kappa shape index (κ2) is 7.66. The first kappa shape index (κ1) is 18.5. The molecule has 0 saturated heterocycles. The van der Waals surface area contributed by atoms with Gasteiger partial charge in [-0.2, -0.15) is 0 Å². The predicted molar refractivity (Wildman–Crippen MR) is 105 cm³/mol. The number of rotatable bonds is 5. The van der Waals surface area contributed by atoms with Gasteiger partial charge in [-0.1, -0.05) is 12.1 Å². The topological polar surface area (TPSA) is 57.2 Å². The van der Waals surface area contributed by atoms with E-state index in [0.717, 1.165) is 41.3 Å². The molecule has 0 aliphatic carbocycles. The second-order valence-electron chi connectivity index (χ2n) is 6.90. The van der Waals surface area contributed by atoms with E-state index in [1.54, 1.807) is 20.3 Å². The van der Waals surface area contributed by atoms with Crippen molar-refractivity contribution < 1.29 is 23.7 Å². The van der Waals surface area contributed by atoms with Crippen LogP contribution >= 0.6 is 0 Å². The van der Waals surface area contributed by atoms with Gasteiger partial charge >= 0.3 is 0 Å². The van der Waals surface area contributed by atoms with Crippen LogP contribution in [0.15, 0.2) is 36.1 Å². The Labute approximate surface area is 164 Å². The molecule has 2 aromatic carbocycles. The molecule has 2 aliphatic rings. The van der Waals surface area contributed by atoms with E-state index in [2.05, 4.69) is 4.90 Å². The summed E-state index contributed by atoms with van der Waals surface area (Å²) in [6.07, 6.45) is 1.75. The number of benzene rings is 2. The summed E-state index contributed by atoms with van der Waals surface area (Å²) in [5.41, 5.74) is 3.29. The molecule has 2 aliphatic heterocycles. The number of carbonyl (C=O) groups is 1. The van der Waals surface area contributed by atoms with Crippen molar-refractivity contribution >= 4 is 11.9 Å². The van der Waals surface area contributed by atoms with Gasteiger partial charge in [0, 0.05) is 31.3 Å². The number of Topliss-reactive ketones (excluding diaryl/α,β-unsaturated/α-hetero) is 1. The van der Waals surface area contributed by atoms with Gasteiger partial charge in [0.25, 0.3) is 0 Å². The van der Waals surface area contributed by atoms with Gasteiger partial charge in [-0.05, 0) is 36.8 Å². The lowest BCUT2D eigenvalue weighted by molar-refractivity contribution is 0.0649. The Balaban J connectivity index is 1.64. The molecule has 2 aromatic rings. The lowest BCUT2D eigenvalue weighted by Crippen LogP contribution is -2.34. The third kappa shape index (κ3) is 3.37. The molecule has 6 heteroatoms. The van der Waals surface area contributed by atoms with Crippen LogP contribution in [0.2, 0.25) is 0 Å². The summed E-state index contributed by atoms with van der Waals surface area (Å²) in [6, 6.07) is 9.40. The first-order chi connectivity index (χ1) is 13.6. The Morgan fingerprint density at radius 2 is 2.07 bits per heavy atom. The van der Waals surface area contributed by atoms with Crippen molar-refractivity contribution in [2.45, 2.75) is 13.5 Å². The van der Waals surface area contributed by atoms with Crippen LogP contribution in [0.5, 0.6) is 17.2 Å². The number of ether oxygens (including phenoxy) is 4. The first-order valence-electron chi connectivity index (χ1n) is 9.19. The number of hydrogen-bond acceptors (Lipinski definition) is 6. The third-order valence-corrected chi connectivity index (χ3v) is 5.01. The van der Waals surface area contributed by atoms with Crippen LogP contribution in [0.4, 0.5) is 0 Å². The monoisotopic (exact) mass is 381 g/mol. The molecule has 0 saturated carbocycles. The molecule has 6 nitrogen and oxygen atoms in total. The van der Waals surface area contributed by atoms with Gasteiger partial charge in [0.15, 0.2) is 5.76 Å². The Morgan fingerprint density at radius 1 is 1.21 bits per heavy atom. The molecule has 28 heavy (non-hydrogen) atoms. The van der Waals surface area contributed by atoms with Crippen LogP contribution in [-0.2, 0) is 11.3 Å². The molecule has 0 amide bonds. The van der Waals surface area contributed by atoms with Crippen LogP contribution < -0.4 is 14.2 Å². The Bertz CT molecular complexity index is 950. The van der Waals surface area contributed by atoms with Crippen molar-refractivity contribution in [1.29, 1.82) is 0 Å². The van der Waals surface area contributed by atoms with Crippen LogP contribution in [0, 0.1) is 6.92 Å². The van der Waals surface area contributed by atoms with Crippen molar-refractivity contribution in [2.24, 2.45) is 0 Å². The summed E-state index contributed by atoms with van der Waals surface area (Å²) in [6.45, 7) is 4.56. The second-order valence-corrected chi connectivity index (χ2v) is 6.90. The summed E-state index contributed by atoms with van der Waals surface area (Å²) >= 11 is 0. The number of carbonyl (C=O) groups excluding carboxylic acids is 1. The van der Waals surface area contributed by atoms with E-state index in [9.17, 15) is 4.79 Å². The van der Waals surface area contributed by atoms with Gasteiger partial charge < -0.3 is 18.9 Å². The van der Waals surface area contributed by atoms with Crippen molar-refractivity contribution in [1.82, 2.24) is 4.90 Å². The van der Waals surface area contributed by atoms with E-state index < -0.39 is 0 Å². The highest BCUT2D eigenvalue weighted by molar-refractivity contribution is 6.15. The van der Waals surface area contributed by atoms with E-state index >= 15 is 0 Å². The first-order valence-corrected chi connectivity index (χ1v) is 9.19. The van der Waals surface area contributed by atoms with E-state index in [1.165, 1.54) is 0 Å². The highest BCUT2D eigenvalue weighted by Gasteiger charge is 2.33. The number of fused-ring (bicyclic) bond motifs is 2. The summed E-state index contributed by atoms with van der Waals surface area (Å²) in [5.74, 6) is 2.32. The summed E-state index contributed by atoms with van der Waals surface area (Å²) < 4.78 is 22.3. The van der Waals surface area contributed by atoms with E-state index in [4.69, 9.17) is 18.9 Å². The number of ketones is 1. The van der Waals surface area contributed by atoms with Crippen LogP contribution in [0.1, 0.15) is 27.0 Å². The minimum absolute atomic E-state index is 0.113. The summed E-state index contributed by atoms with van der Waals surface area (Å²) in [5, 5.41) is 0. The molecular formula is C22H23NO5. The van der Waals surface area contributed by atoms with Gasteiger partial charge in [-0.3, -0.25) is 9.69 Å². The van der Waals surface area contributed by atoms with Crippen molar-refractivity contribution in [3.05, 3.63) is 58.3 Å². The smallest absolute Gasteiger partial charge is 0.231 e. The molecule has 0 atom stereocenters. The largest absolute Gasteiger partial charge is 0.497 e. The highest BCUT2D eigenvalue weighted by Crippen LogP contribution is 2.43. The Hall–Kier alpha value is -2.83. The molecule has 146 valence electrons. The molecule has 0 bridgehead atoms. The van der Waals surface area contributed by atoms with Gasteiger partial charge in [0.2, 0.25) is 5.78 Å². The van der Waals surface area contributed by atoms with Crippen LogP contribution in [0.25, 0.3) is 6.08 Å². The van der Waals surface area contributed by atoms with Crippen LogP contribution in [-0.4, -0.2) is 44.8 Å². The number of methoxy groups -OCH3 is 2. The van der Waals surface area contributed by atoms with Crippen LogP contribution in [0.3, 0.4) is 0 Å². The van der Waals surface area contributed by atoms with Crippen molar-refractivity contribution in [3.63, 3.8) is 0 Å². The lowest BCUT2D eigenvalue weighted by atomic mass is 10.00. The maximum absolute atomic E-state index is 12.9.